The zero-order valence-corrected chi connectivity index (χ0v) is 7.70. The van der Waals surface area contributed by atoms with Crippen molar-refractivity contribution >= 4 is 5.78 Å². The third-order valence-electron chi connectivity index (χ3n) is 3.80. The first-order chi connectivity index (χ1) is 6.18. The van der Waals surface area contributed by atoms with Crippen molar-refractivity contribution in [3.63, 3.8) is 0 Å². The number of aliphatic hydroxyl groups is 2. The van der Waals surface area contributed by atoms with Crippen LogP contribution >= 0.6 is 0 Å². The van der Waals surface area contributed by atoms with Gasteiger partial charge < -0.3 is 10.2 Å². The summed E-state index contributed by atoms with van der Waals surface area (Å²) in [6, 6.07) is 0. The van der Waals surface area contributed by atoms with E-state index < -0.39 is 0 Å². The molecule has 3 heteroatoms. The molecule has 3 unspecified atom stereocenters. The van der Waals surface area contributed by atoms with Gasteiger partial charge in [0.15, 0.2) is 0 Å². The van der Waals surface area contributed by atoms with Gasteiger partial charge in [0.05, 0.1) is 6.10 Å². The second kappa shape index (κ2) is 3.07. The molecule has 0 spiro atoms. The minimum atomic E-state index is -0.365. The zero-order valence-electron chi connectivity index (χ0n) is 7.70. The summed E-state index contributed by atoms with van der Waals surface area (Å²) in [6.45, 7) is 0.0784. The standard InChI is InChI=1S/C10H16O3/c11-4-3-10-2-1-7(5-9(10)13)8(12)6-10/h7,9,11,13H,1-6H2. The highest BCUT2D eigenvalue weighted by atomic mass is 16.3. The van der Waals surface area contributed by atoms with Crippen LogP contribution in [0.3, 0.4) is 0 Å². The lowest BCUT2D eigenvalue weighted by Gasteiger charge is -2.48. The Labute approximate surface area is 77.8 Å². The number of carbonyl (C=O) groups excluding carboxylic acids is 1. The quantitative estimate of drug-likeness (QED) is 0.656. The van der Waals surface area contributed by atoms with E-state index in [2.05, 4.69) is 0 Å². The van der Waals surface area contributed by atoms with Crippen molar-refractivity contribution in [2.24, 2.45) is 11.3 Å². The average Bonchev–Trinajstić information content (AvgIpc) is 2.08. The maximum atomic E-state index is 11.5. The molecule has 0 amide bonds. The zero-order chi connectivity index (χ0) is 9.47. The van der Waals surface area contributed by atoms with Crippen LogP contribution < -0.4 is 0 Å². The van der Waals surface area contributed by atoms with E-state index in [-0.39, 0.29) is 24.0 Å². The maximum Gasteiger partial charge on any atom is 0.136 e. The number of fused-ring (bicyclic) bond motifs is 3. The Bertz CT molecular complexity index is 222. The van der Waals surface area contributed by atoms with Gasteiger partial charge in [0.1, 0.15) is 5.78 Å². The van der Waals surface area contributed by atoms with Crippen molar-refractivity contribution in [2.75, 3.05) is 6.61 Å². The fourth-order valence-electron chi connectivity index (χ4n) is 2.86. The van der Waals surface area contributed by atoms with Crippen LogP contribution in [0.4, 0.5) is 0 Å². The van der Waals surface area contributed by atoms with Gasteiger partial charge in [-0.15, -0.1) is 0 Å². The van der Waals surface area contributed by atoms with Gasteiger partial charge in [-0.05, 0) is 25.7 Å². The highest BCUT2D eigenvalue weighted by Gasteiger charge is 2.50. The molecule has 13 heavy (non-hydrogen) atoms. The van der Waals surface area contributed by atoms with E-state index in [4.69, 9.17) is 5.11 Å². The summed E-state index contributed by atoms with van der Waals surface area (Å²) in [7, 11) is 0. The first-order valence-electron chi connectivity index (χ1n) is 4.99. The molecular formula is C10H16O3. The lowest BCUT2D eigenvalue weighted by atomic mass is 9.57. The van der Waals surface area contributed by atoms with Gasteiger partial charge in [0.25, 0.3) is 0 Å². The molecule has 0 saturated heterocycles. The number of aliphatic hydroxyl groups excluding tert-OH is 2. The minimum Gasteiger partial charge on any atom is -0.396 e. The van der Waals surface area contributed by atoms with Crippen molar-refractivity contribution in [1.29, 1.82) is 0 Å². The molecule has 3 aliphatic carbocycles. The van der Waals surface area contributed by atoms with E-state index in [1.54, 1.807) is 0 Å². The molecule has 3 rings (SSSR count). The van der Waals surface area contributed by atoms with Gasteiger partial charge >= 0.3 is 0 Å². The predicted octanol–water partition coefficient (Wildman–Crippen LogP) is 0.489. The Morgan fingerprint density at radius 2 is 2.31 bits per heavy atom. The second-order valence-corrected chi connectivity index (χ2v) is 4.47. The molecule has 0 heterocycles. The summed E-state index contributed by atoms with van der Waals surface area (Å²) in [4.78, 5) is 11.5. The smallest absolute Gasteiger partial charge is 0.136 e. The van der Waals surface area contributed by atoms with Crippen molar-refractivity contribution in [3.05, 3.63) is 0 Å². The Hall–Kier alpha value is -0.410. The van der Waals surface area contributed by atoms with E-state index in [0.717, 1.165) is 12.8 Å². The van der Waals surface area contributed by atoms with E-state index >= 15 is 0 Å². The highest BCUT2D eigenvalue weighted by Crippen LogP contribution is 2.50. The van der Waals surface area contributed by atoms with Crippen LogP contribution in [0.25, 0.3) is 0 Å². The van der Waals surface area contributed by atoms with Crippen molar-refractivity contribution in [1.82, 2.24) is 0 Å². The third kappa shape index (κ3) is 1.30. The van der Waals surface area contributed by atoms with Crippen LogP contribution in [-0.4, -0.2) is 28.7 Å². The van der Waals surface area contributed by atoms with Gasteiger partial charge in [0.2, 0.25) is 0 Å². The molecule has 74 valence electrons. The number of hydrogen-bond acceptors (Lipinski definition) is 3. The Kier molecular flexibility index (Phi) is 2.16. The van der Waals surface area contributed by atoms with Gasteiger partial charge in [-0.3, -0.25) is 4.79 Å². The fourth-order valence-corrected chi connectivity index (χ4v) is 2.86. The summed E-state index contributed by atoms with van der Waals surface area (Å²) >= 11 is 0. The summed E-state index contributed by atoms with van der Waals surface area (Å²) in [6.07, 6.45) is 3.14. The molecule has 0 aromatic rings. The van der Waals surface area contributed by atoms with Crippen molar-refractivity contribution < 1.29 is 15.0 Å². The Balaban J connectivity index is 2.19. The van der Waals surface area contributed by atoms with E-state index in [9.17, 15) is 9.90 Å². The van der Waals surface area contributed by atoms with E-state index in [1.165, 1.54) is 0 Å². The lowest BCUT2D eigenvalue weighted by molar-refractivity contribution is -0.147. The molecule has 0 aromatic carbocycles. The van der Waals surface area contributed by atoms with Crippen LogP contribution in [0.15, 0.2) is 0 Å². The van der Waals surface area contributed by atoms with Crippen LogP contribution in [0, 0.1) is 11.3 Å². The van der Waals surface area contributed by atoms with Crippen LogP contribution in [0.1, 0.15) is 32.1 Å². The molecule has 3 fully saturated rings. The number of hydrogen-bond donors (Lipinski definition) is 2. The molecule has 3 saturated carbocycles. The van der Waals surface area contributed by atoms with Crippen LogP contribution in [0.5, 0.6) is 0 Å². The molecular weight excluding hydrogens is 168 g/mol. The van der Waals surface area contributed by atoms with E-state index in [0.29, 0.717) is 25.0 Å². The topological polar surface area (TPSA) is 57.5 Å². The molecule has 3 nitrogen and oxygen atoms in total. The fraction of sp³-hybridized carbons (Fsp3) is 0.900. The van der Waals surface area contributed by atoms with Crippen molar-refractivity contribution in [3.8, 4) is 0 Å². The molecule has 2 bridgehead atoms. The Morgan fingerprint density at radius 1 is 1.54 bits per heavy atom. The first kappa shape index (κ1) is 9.16. The van der Waals surface area contributed by atoms with Gasteiger partial charge in [0, 0.05) is 24.4 Å². The third-order valence-corrected chi connectivity index (χ3v) is 3.80. The number of ketones is 1. The number of rotatable bonds is 2. The largest absolute Gasteiger partial charge is 0.396 e. The van der Waals surface area contributed by atoms with Gasteiger partial charge in [-0.2, -0.15) is 0 Å². The van der Waals surface area contributed by atoms with E-state index in [1.807, 2.05) is 0 Å². The summed E-state index contributed by atoms with van der Waals surface area (Å²) in [5, 5.41) is 18.7. The predicted molar refractivity (Wildman–Crippen MR) is 47.1 cm³/mol. The average molecular weight is 184 g/mol. The van der Waals surface area contributed by atoms with Crippen LogP contribution in [0.2, 0.25) is 0 Å². The SMILES string of the molecule is O=C1CC2(CCO)CCC1CC2O. The molecule has 3 aliphatic rings. The van der Waals surface area contributed by atoms with Crippen LogP contribution in [-0.2, 0) is 4.79 Å². The van der Waals surface area contributed by atoms with Gasteiger partial charge in [-0.1, -0.05) is 0 Å². The number of carbonyl (C=O) groups is 1. The first-order valence-corrected chi connectivity index (χ1v) is 4.99. The monoisotopic (exact) mass is 184 g/mol. The summed E-state index contributed by atoms with van der Waals surface area (Å²) in [5.41, 5.74) is -0.277. The second-order valence-electron chi connectivity index (χ2n) is 4.47. The Morgan fingerprint density at radius 3 is 2.85 bits per heavy atom. The van der Waals surface area contributed by atoms with Gasteiger partial charge in [-0.25, -0.2) is 0 Å². The highest BCUT2D eigenvalue weighted by molar-refractivity contribution is 5.83. The molecule has 0 aliphatic heterocycles. The summed E-state index contributed by atoms with van der Waals surface area (Å²) < 4.78 is 0. The van der Waals surface area contributed by atoms with Crippen molar-refractivity contribution in [2.45, 2.75) is 38.2 Å². The lowest BCUT2D eigenvalue weighted by Crippen LogP contribution is -2.50. The molecule has 0 radical (unpaired) electrons. The molecule has 3 atom stereocenters. The molecule has 2 N–H and O–H groups in total. The summed E-state index contributed by atoms with van der Waals surface area (Å²) in [5.74, 6) is 0.403. The minimum absolute atomic E-state index is 0.0784. The molecule has 0 aromatic heterocycles. The maximum absolute atomic E-state index is 11.5. The number of Topliss-reactive ketones (excluding diaryl/α,β-unsaturated/α-hetero) is 1. The normalized spacial score (nSPS) is 44.0.